The average molecular weight is 426 g/mol. The van der Waals surface area contributed by atoms with Crippen LogP contribution in [0.15, 0.2) is 0 Å². The molecule has 9 heteroatoms. The normalized spacial score (nSPS) is 21.5. The van der Waals surface area contributed by atoms with Crippen molar-refractivity contribution in [2.75, 3.05) is 19.6 Å². The van der Waals surface area contributed by atoms with Gasteiger partial charge in [0.25, 0.3) is 0 Å². The zero-order chi connectivity index (χ0) is 22.6. The molecule has 0 aliphatic carbocycles. The van der Waals surface area contributed by atoms with Crippen molar-refractivity contribution in [3.05, 3.63) is 0 Å². The Balaban J connectivity index is 1.91. The van der Waals surface area contributed by atoms with Crippen LogP contribution in [0.3, 0.4) is 0 Å². The molecular weight excluding hydrogens is 390 g/mol. The maximum absolute atomic E-state index is 13.0. The topological polar surface area (TPSA) is 116 Å². The van der Waals surface area contributed by atoms with E-state index in [0.29, 0.717) is 38.9 Å². The third-order valence-electron chi connectivity index (χ3n) is 5.57. The van der Waals surface area contributed by atoms with Gasteiger partial charge in [-0.05, 0) is 52.4 Å². The van der Waals surface area contributed by atoms with E-state index in [1.54, 1.807) is 39.5 Å². The number of aliphatic carboxylic acids is 1. The number of amides is 3. The molecule has 9 nitrogen and oxygen atoms in total. The molecule has 0 saturated carbocycles. The van der Waals surface area contributed by atoms with E-state index in [9.17, 15) is 24.3 Å². The lowest BCUT2D eigenvalue weighted by Gasteiger charge is -2.35. The Morgan fingerprint density at radius 3 is 2.13 bits per heavy atom. The molecule has 2 N–H and O–H groups in total. The molecule has 2 heterocycles. The smallest absolute Gasteiger partial charge is 0.410 e. The van der Waals surface area contributed by atoms with Gasteiger partial charge in [-0.2, -0.15) is 0 Å². The molecule has 2 aliphatic heterocycles. The van der Waals surface area contributed by atoms with Gasteiger partial charge in [-0.25, -0.2) is 9.59 Å². The largest absolute Gasteiger partial charge is 0.480 e. The quantitative estimate of drug-likeness (QED) is 0.694. The van der Waals surface area contributed by atoms with E-state index in [1.165, 1.54) is 4.90 Å². The summed E-state index contributed by atoms with van der Waals surface area (Å²) in [6.07, 6.45) is 1.83. The van der Waals surface area contributed by atoms with Crippen molar-refractivity contribution in [1.29, 1.82) is 0 Å². The van der Waals surface area contributed by atoms with Gasteiger partial charge in [0.2, 0.25) is 11.8 Å². The Labute approximate surface area is 178 Å². The van der Waals surface area contributed by atoms with Crippen molar-refractivity contribution >= 4 is 23.9 Å². The Morgan fingerprint density at radius 1 is 1.03 bits per heavy atom. The first-order valence-electron chi connectivity index (χ1n) is 10.7. The van der Waals surface area contributed by atoms with Gasteiger partial charge in [0.15, 0.2) is 0 Å². The van der Waals surface area contributed by atoms with Crippen molar-refractivity contribution < 1.29 is 29.0 Å². The number of likely N-dealkylation sites (tertiary alicyclic amines) is 2. The minimum atomic E-state index is -1.05. The summed E-state index contributed by atoms with van der Waals surface area (Å²) in [5.41, 5.74) is -0.622. The molecule has 30 heavy (non-hydrogen) atoms. The van der Waals surface area contributed by atoms with Crippen LogP contribution in [0.25, 0.3) is 0 Å². The van der Waals surface area contributed by atoms with Crippen molar-refractivity contribution in [3.63, 3.8) is 0 Å². The van der Waals surface area contributed by atoms with Crippen LogP contribution in [0.1, 0.15) is 60.3 Å². The summed E-state index contributed by atoms with van der Waals surface area (Å²) in [4.78, 5) is 52.5. The van der Waals surface area contributed by atoms with E-state index in [1.807, 2.05) is 0 Å². The standard InChI is InChI=1S/C21H35N3O6/c1-13(2)16(19(27)28)22-17(25)14-8-11-23(12-9-14)18(26)15-7-6-10-24(15)20(29)30-21(3,4)5/h13-16H,6-12H2,1-5H3,(H,22,25)(H,27,28). The third-order valence-corrected chi connectivity index (χ3v) is 5.57. The van der Waals surface area contributed by atoms with Crippen molar-refractivity contribution in [1.82, 2.24) is 15.1 Å². The van der Waals surface area contributed by atoms with Gasteiger partial charge < -0.3 is 20.1 Å². The molecule has 2 atom stereocenters. The first-order valence-corrected chi connectivity index (χ1v) is 10.7. The number of carbonyl (C=O) groups is 4. The summed E-state index contributed by atoms with van der Waals surface area (Å²) in [7, 11) is 0. The van der Waals surface area contributed by atoms with Crippen molar-refractivity contribution in [2.24, 2.45) is 11.8 Å². The molecule has 2 aliphatic rings. The monoisotopic (exact) mass is 425 g/mol. The lowest BCUT2D eigenvalue weighted by Crippen LogP contribution is -2.53. The Kier molecular flexibility index (Phi) is 7.71. The number of nitrogens with zero attached hydrogens (tertiary/aromatic N) is 2. The summed E-state index contributed by atoms with van der Waals surface area (Å²) < 4.78 is 5.43. The molecule has 0 bridgehead atoms. The van der Waals surface area contributed by atoms with Gasteiger partial charge in [-0.1, -0.05) is 13.8 Å². The van der Waals surface area contributed by atoms with Gasteiger partial charge in [0, 0.05) is 25.6 Å². The minimum absolute atomic E-state index is 0.109. The third kappa shape index (κ3) is 6.09. The maximum atomic E-state index is 13.0. The van der Waals surface area contributed by atoms with E-state index in [2.05, 4.69) is 5.32 Å². The molecule has 0 aromatic carbocycles. The van der Waals surface area contributed by atoms with Gasteiger partial charge >= 0.3 is 12.1 Å². The first-order chi connectivity index (χ1) is 13.9. The SMILES string of the molecule is CC(C)C(NC(=O)C1CCN(C(=O)C2CCCN2C(=O)OC(C)(C)C)CC1)C(=O)O. The highest BCUT2D eigenvalue weighted by Crippen LogP contribution is 2.25. The highest BCUT2D eigenvalue weighted by atomic mass is 16.6. The number of carboxylic acids is 1. The Hall–Kier alpha value is -2.32. The van der Waals surface area contributed by atoms with E-state index in [4.69, 9.17) is 4.74 Å². The summed E-state index contributed by atoms with van der Waals surface area (Å²) in [5, 5.41) is 11.9. The number of nitrogens with one attached hydrogen (secondary N) is 1. The zero-order valence-corrected chi connectivity index (χ0v) is 18.6. The number of hydrogen-bond acceptors (Lipinski definition) is 5. The van der Waals surface area contributed by atoms with Crippen molar-refractivity contribution in [3.8, 4) is 0 Å². The molecule has 2 rings (SSSR count). The number of ether oxygens (including phenoxy) is 1. The highest BCUT2D eigenvalue weighted by Gasteiger charge is 2.40. The van der Waals surface area contributed by atoms with Gasteiger partial charge in [-0.3, -0.25) is 14.5 Å². The van der Waals surface area contributed by atoms with Gasteiger partial charge in [0.05, 0.1) is 0 Å². The highest BCUT2D eigenvalue weighted by molar-refractivity contribution is 5.87. The van der Waals surface area contributed by atoms with Crippen LogP contribution in [-0.2, 0) is 19.1 Å². The molecule has 0 spiro atoms. The second-order valence-corrected chi connectivity index (χ2v) is 9.50. The van der Waals surface area contributed by atoms with E-state index >= 15 is 0 Å². The summed E-state index contributed by atoms with van der Waals surface area (Å²) in [6, 6.07) is -1.44. The first kappa shape index (κ1) is 24.0. The van der Waals surface area contributed by atoms with Crippen LogP contribution in [0.5, 0.6) is 0 Å². The lowest BCUT2D eigenvalue weighted by atomic mass is 9.94. The van der Waals surface area contributed by atoms with E-state index in [-0.39, 0.29) is 23.7 Å². The van der Waals surface area contributed by atoms with E-state index < -0.39 is 29.7 Å². The Bertz CT molecular complexity index is 664. The molecule has 0 radical (unpaired) electrons. The van der Waals surface area contributed by atoms with Crippen LogP contribution in [0.2, 0.25) is 0 Å². The molecule has 0 aromatic heterocycles. The van der Waals surface area contributed by atoms with Crippen LogP contribution in [0.4, 0.5) is 4.79 Å². The number of hydrogen-bond donors (Lipinski definition) is 2. The summed E-state index contributed by atoms with van der Waals surface area (Å²) in [5.74, 6) is -1.97. The molecule has 2 fully saturated rings. The molecular formula is C21H35N3O6. The van der Waals surface area contributed by atoms with Crippen LogP contribution in [-0.4, -0.2) is 76.1 Å². The molecule has 3 amide bonds. The molecule has 0 aromatic rings. The molecule has 2 saturated heterocycles. The summed E-state index contributed by atoms with van der Waals surface area (Å²) >= 11 is 0. The minimum Gasteiger partial charge on any atom is -0.480 e. The fourth-order valence-corrected chi connectivity index (χ4v) is 3.92. The second-order valence-electron chi connectivity index (χ2n) is 9.50. The predicted octanol–water partition coefficient (Wildman–Crippen LogP) is 1.85. The maximum Gasteiger partial charge on any atom is 0.410 e. The lowest BCUT2D eigenvalue weighted by molar-refractivity contribution is -0.144. The number of carboxylic acid groups (broad SMARTS) is 1. The van der Waals surface area contributed by atoms with Crippen LogP contribution >= 0.6 is 0 Å². The number of carbonyl (C=O) groups excluding carboxylic acids is 3. The van der Waals surface area contributed by atoms with E-state index in [0.717, 1.165) is 6.42 Å². The molecule has 170 valence electrons. The Morgan fingerprint density at radius 2 is 1.63 bits per heavy atom. The fourth-order valence-electron chi connectivity index (χ4n) is 3.92. The summed E-state index contributed by atoms with van der Waals surface area (Å²) in [6.45, 7) is 10.2. The number of rotatable bonds is 5. The van der Waals surface area contributed by atoms with Crippen LogP contribution in [0, 0.1) is 11.8 Å². The second kappa shape index (κ2) is 9.66. The van der Waals surface area contributed by atoms with Gasteiger partial charge in [0.1, 0.15) is 17.7 Å². The fraction of sp³-hybridized carbons (Fsp3) is 0.810. The van der Waals surface area contributed by atoms with Gasteiger partial charge in [-0.15, -0.1) is 0 Å². The zero-order valence-electron chi connectivity index (χ0n) is 18.6. The predicted molar refractivity (Wildman–Crippen MR) is 110 cm³/mol. The van der Waals surface area contributed by atoms with Crippen molar-refractivity contribution in [2.45, 2.75) is 78.0 Å². The average Bonchev–Trinajstić information content (AvgIpc) is 3.13. The molecule has 2 unspecified atom stereocenters. The number of piperidine rings is 1. The van der Waals surface area contributed by atoms with Crippen LogP contribution < -0.4 is 5.32 Å².